The summed E-state index contributed by atoms with van der Waals surface area (Å²) >= 11 is 5.22. The highest BCUT2D eigenvalue weighted by Gasteiger charge is 2.10. The van der Waals surface area contributed by atoms with Gasteiger partial charge in [0.05, 0.1) is 17.5 Å². The summed E-state index contributed by atoms with van der Waals surface area (Å²) < 4.78 is 0. The zero-order valence-electron chi connectivity index (χ0n) is 19.4. The quantitative estimate of drug-likeness (QED) is 0.141. The number of hydrogen-bond donors (Lipinski definition) is 5. The fraction of sp³-hybridized carbons (Fsp3) is 0.115. The van der Waals surface area contributed by atoms with Gasteiger partial charge in [-0.25, -0.2) is 4.79 Å². The third kappa shape index (κ3) is 6.10. The van der Waals surface area contributed by atoms with Crippen LogP contribution in [0.2, 0.25) is 0 Å². The van der Waals surface area contributed by atoms with E-state index >= 15 is 0 Å². The Bertz CT molecular complexity index is 1430. The highest BCUT2D eigenvalue weighted by atomic mass is 32.1. The number of anilines is 1. The molecule has 0 atom stereocenters. The smallest absolute Gasteiger partial charge is 0.337 e. The van der Waals surface area contributed by atoms with Crippen LogP contribution in [0.3, 0.4) is 0 Å². The number of carbonyl (C=O) groups is 2. The Balaban J connectivity index is 1.24. The van der Waals surface area contributed by atoms with Crippen molar-refractivity contribution in [2.24, 2.45) is 5.10 Å². The molecule has 10 heteroatoms. The number of fused-ring (bicyclic) bond motifs is 1. The molecule has 1 amide bonds. The van der Waals surface area contributed by atoms with E-state index in [-0.39, 0.29) is 16.6 Å². The molecule has 2 aromatic heterocycles. The fourth-order valence-electron chi connectivity index (χ4n) is 3.69. The average molecular weight is 501 g/mol. The molecule has 4 aromatic rings. The van der Waals surface area contributed by atoms with Crippen LogP contribution < -0.4 is 16.1 Å². The number of pyridine rings is 1. The van der Waals surface area contributed by atoms with Crippen LogP contribution in [0, 0.1) is 6.92 Å². The van der Waals surface area contributed by atoms with Crippen molar-refractivity contribution in [2.45, 2.75) is 13.3 Å². The molecule has 0 spiro atoms. The maximum absolute atomic E-state index is 12.6. The number of amides is 1. The van der Waals surface area contributed by atoms with Crippen LogP contribution in [0.5, 0.6) is 0 Å². The molecule has 0 radical (unpaired) electrons. The number of aromatic amines is 1. The monoisotopic (exact) mass is 500 g/mol. The number of benzene rings is 2. The first-order valence-electron chi connectivity index (χ1n) is 11.1. The van der Waals surface area contributed by atoms with Crippen LogP contribution in [0.1, 0.15) is 37.7 Å². The number of nitrogens with one attached hydrogen (secondary N) is 4. The number of hydrogen-bond acceptors (Lipinski definition) is 5. The lowest BCUT2D eigenvalue weighted by molar-refractivity contribution is 0.0696. The number of aromatic nitrogens is 2. The maximum Gasteiger partial charge on any atom is 0.337 e. The Morgan fingerprint density at radius 1 is 1.08 bits per heavy atom. The number of rotatable bonds is 8. The van der Waals surface area contributed by atoms with Gasteiger partial charge in [-0.3, -0.25) is 15.2 Å². The van der Waals surface area contributed by atoms with Crippen LogP contribution in [0.25, 0.3) is 10.9 Å². The first kappa shape index (κ1) is 24.6. The van der Waals surface area contributed by atoms with Crippen molar-refractivity contribution in [3.8, 4) is 0 Å². The first-order chi connectivity index (χ1) is 17.4. The molecule has 4 rings (SSSR count). The van der Waals surface area contributed by atoms with Crippen LogP contribution >= 0.6 is 12.2 Å². The summed E-state index contributed by atoms with van der Waals surface area (Å²) in [4.78, 5) is 30.8. The maximum atomic E-state index is 12.6. The molecule has 36 heavy (non-hydrogen) atoms. The third-order valence-electron chi connectivity index (χ3n) is 5.49. The molecule has 0 aliphatic rings. The van der Waals surface area contributed by atoms with E-state index in [1.165, 1.54) is 35.5 Å². The summed E-state index contributed by atoms with van der Waals surface area (Å²) in [5.41, 5.74) is 7.90. The third-order valence-corrected chi connectivity index (χ3v) is 5.68. The Hall–Kier alpha value is -4.57. The number of carboxylic acids is 1. The van der Waals surface area contributed by atoms with Crippen molar-refractivity contribution in [3.05, 3.63) is 94.9 Å². The van der Waals surface area contributed by atoms with E-state index in [9.17, 15) is 9.59 Å². The first-order valence-corrected chi connectivity index (χ1v) is 11.6. The molecule has 0 aliphatic carbocycles. The number of para-hydroxylation sites is 1. The van der Waals surface area contributed by atoms with Gasteiger partial charge in [0.2, 0.25) is 0 Å². The molecular weight excluding hydrogens is 476 g/mol. The number of carboxylic acid groups (broad SMARTS) is 1. The van der Waals surface area contributed by atoms with E-state index in [1.54, 1.807) is 24.3 Å². The highest BCUT2D eigenvalue weighted by Crippen LogP contribution is 2.22. The SMILES string of the molecule is Cc1[nH]c2ccccc2c1CCNC(=O)c1ccc(NC(=S)N/N=C/c2ccc(C(=O)O)cn2)cc1. The summed E-state index contributed by atoms with van der Waals surface area (Å²) in [6.45, 7) is 2.57. The Morgan fingerprint density at radius 3 is 2.56 bits per heavy atom. The Morgan fingerprint density at radius 2 is 1.83 bits per heavy atom. The van der Waals surface area contributed by atoms with Crippen LogP contribution in [0.15, 0.2) is 72.0 Å². The zero-order valence-corrected chi connectivity index (χ0v) is 20.2. The van der Waals surface area contributed by atoms with Gasteiger partial charge in [-0.1, -0.05) is 18.2 Å². The summed E-state index contributed by atoms with van der Waals surface area (Å²) in [5, 5.41) is 20.3. The van der Waals surface area contributed by atoms with E-state index in [4.69, 9.17) is 17.3 Å². The summed E-state index contributed by atoms with van der Waals surface area (Å²) in [5.74, 6) is -1.19. The molecule has 0 bridgehead atoms. The number of thiocarbonyl (C=S) groups is 1. The Labute approximate surface area is 212 Å². The number of aryl methyl sites for hydroxylation is 1. The second-order valence-corrected chi connectivity index (χ2v) is 8.37. The minimum atomic E-state index is -1.04. The van der Waals surface area contributed by atoms with Crippen LogP contribution in [0.4, 0.5) is 5.69 Å². The molecule has 5 N–H and O–H groups in total. The van der Waals surface area contributed by atoms with Gasteiger partial charge in [-0.2, -0.15) is 5.10 Å². The molecule has 0 saturated heterocycles. The number of aromatic carboxylic acids is 1. The van der Waals surface area contributed by atoms with E-state index in [1.807, 2.05) is 25.1 Å². The van der Waals surface area contributed by atoms with Gasteiger partial charge >= 0.3 is 5.97 Å². The zero-order chi connectivity index (χ0) is 25.5. The van der Waals surface area contributed by atoms with Gasteiger partial charge in [0.15, 0.2) is 5.11 Å². The Kier molecular flexibility index (Phi) is 7.66. The second-order valence-electron chi connectivity index (χ2n) is 7.96. The summed E-state index contributed by atoms with van der Waals surface area (Å²) in [7, 11) is 0. The van der Waals surface area contributed by atoms with E-state index in [0.717, 1.165) is 17.6 Å². The summed E-state index contributed by atoms with van der Waals surface area (Å²) in [6.07, 6.45) is 3.41. The lowest BCUT2D eigenvalue weighted by Crippen LogP contribution is -2.26. The predicted molar refractivity (Wildman–Crippen MR) is 144 cm³/mol. The normalized spacial score (nSPS) is 10.9. The van der Waals surface area contributed by atoms with Gasteiger partial charge < -0.3 is 20.7 Å². The predicted octanol–water partition coefficient (Wildman–Crippen LogP) is 3.86. The topological polar surface area (TPSA) is 132 Å². The lowest BCUT2D eigenvalue weighted by atomic mass is 10.1. The van der Waals surface area contributed by atoms with Gasteiger partial charge in [-0.05, 0) is 73.6 Å². The molecule has 0 aliphatic heterocycles. The van der Waals surface area contributed by atoms with Crippen LogP contribution in [-0.2, 0) is 6.42 Å². The van der Waals surface area contributed by atoms with Crippen molar-refractivity contribution < 1.29 is 14.7 Å². The lowest BCUT2D eigenvalue weighted by Gasteiger charge is -2.09. The fourth-order valence-corrected chi connectivity index (χ4v) is 3.86. The van der Waals surface area contributed by atoms with Crippen molar-refractivity contribution >= 4 is 52.0 Å². The molecule has 2 heterocycles. The number of nitrogens with zero attached hydrogens (tertiary/aromatic N) is 2. The molecule has 0 unspecified atom stereocenters. The number of hydrazone groups is 1. The second kappa shape index (κ2) is 11.2. The minimum absolute atomic E-state index is 0.0961. The van der Waals surface area contributed by atoms with Crippen molar-refractivity contribution in [1.82, 2.24) is 20.7 Å². The highest BCUT2D eigenvalue weighted by molar-refractivity contribution is 7.80. The number of H-pyrrole nitrogens is 1. The van der Waals surface area contributed by atoms with Gasteiger partial charge in [0.25, 0.3) is 5.91 Å². The minimum Gasteiger partial charge on any atom is -0.478 e. The molecule has 2 aromatic carbocycles. The van der Waals surface area contributed by atoms with Gasteiger partial charge in [-0.15, -0.1) is 0 Å². The average Bonchev–Trinajstić information content (AvgIpc) is 3.19. The molecule has 9 nitrogen and oxygen atoms in total. The molecular formula is C26H24N6O3S. The van der Waals surface area contributed by atoms with Crippen molar-refractivity contribution in [3.63, 3.8) is 0 Å². The largest absolute Gasteiger partial charge is 0.478 e. The molecule has 182 valence electrons. The van der Waals surface area contributed by atoms with E-state index < -0.39 is 5.97 Å². The van der Waals surface area contributed by atoms with E-state index in [0.29, 0.717) is 23.5 Å². The van der Waals surface area contributed by atoms with Gasteiger partial charge in [0.1, 0.15) is 0 Å². The number of carbonyl (C=O) groups excluding carboxylic acids is 1. The van der Waals surface area contributed by atoms with Gasteiger partial charge in [0, 0.05) is 40.6 Å². The molecule has 0 saturated carbocycles. The van der Waals surface area contributed by atoms with Crippen molar-refractivity contribution in [1.29, 1.82) is 0 Å². The molecule has 0 fully saturated rings. The van der Waals surface area contributed by atoms with E-state index in [2.05, 4.69) is 37.2 Å². The van der Waals surface area contributed by atoms with Crippen molar-refractivity contribution in [2.75, 3.05) is 11.9 Å². The van der Waals surface area contributed by atoms with Crippen LogP contribution in [-0.4, -0.2) is 44.8 Å². The summed E-state index contributed by atoms with van der Waals surface area (Å²) in [6, 6.07) is 18.1. The standard InChI is InChI=1S/C26H24N6O3S/c1-16-21(22-4-2-3-5-23(22)30-16)12-13-27-24(33)17-6-9-19(10-7-17)31-26(36)32-29-15-20-11-8-18(14-28-20)25(34)35/h2-11,14-15,30H,12-13H2,1H3,(H,27,33)(H,34,35)(H2,31,32,36)/b29-15+.